The molecule has 3 aromatic rings. The summed E-state index contributed by atoms with van der Waals surface area (Å²) in [4.78, 5) is 16.8. The molecule has 0 aliphatic carbocycles. The van der Waals surface area contributed by atoms with Gasteiger partial charge in [-0.05, 0) is 43.7 Å². The number of nitrogens with one attached hydrogen (secondary N) is 2. The average molecular weight is 373 g/mol. The molecule has 0 bridgehead atoms. The van der Waals surface area contributed by atoms with Gasteiger partial charge in [-0.2, -0.15) is 5.10 Å². The molecule has 1 aliphatic rings. The number of aryl methyl sites for hydroxylation is 1. The Kier molecular flexibility index (Phi) is 4.65. The van der Waals surface area contributed by atoms with Gasteiger partial charge in [0.15, 0.2) is 0 Å². The highest BCUT2D eigenvalue weighted by molar-refractivity contribution is 6.31. The Balaban J connectivity index is 1.39. The second-order valence-electron chi connectivity index (χ2n) is 6.55. The van der Waals surface area contributed by atoms with Crippen LogP contribution in [-0.2, 0) is 13.6 Å². The normalized spacial score (nSPS) is 17.1. The molecule has 0 radical (unpaired) electrons. The van der Waals surface area contributed by atoms with E-state index in [9.17, 15) is 4.79 Å². The highest BCUT2D eigenvalue weighted by Crippen LogP contribution is 2.22. The van der Waals surface area contributed by atoms with Crippen LogP contribution in [-0.4, -0.2) is 38.3 Å². The number of fused-ring (bicyclic) bond motifs is 1. The smallest absolute Gasteiger partial charge is 0.269 e. The van der Waals surface area contributed by atoms with Crippen molar-refractivity contribution in [1.29, 1.82) is 0 Å². The quantitative estimate of drug-likeness (QED) is 0.720. The Morgan fingerprint density at radius 2 is 2.31 bits per heavy atom. The fourth-order valence-corrected chi connectivity index (χ4v) is 3.57. The molecule has 7 nitrogen and oxygen atoms in total. The molecular formula is C18H21ClN6O. The van der Waals surface area contributed by atoms with Crippen LogP contribution in [0.25, 0.3) is 11.0 Å². The van der Waals surface area contributed by atoms with Crippen molar-refractivity contribution in [2.45, 2.75) is 25.4 Å². The highest BCUT2D eigenvalue weighted by atomic mass is 35.5. The molecule has 26 heavy (non-hydrogen) atoms. The van der Waals surface area contributed by atoms with E-state index in [1.54, 1.807) is 18.1 Å². The second kappa shape index (κ2) is 7.09. The van der Waals surface area contributed by atoms with Gasteiger partial charge in [0.05, 0.1) is 29.1 Å². The van der Waals surface area contributed by atoms with Crippen molar-refractivity contribution in [2.75, 3.05) is 13.1 Å². The van der Waals surface area contributed by atoms with Crippen molar-refractivity contribution in [1.82, 2.24) is 30.0 Å². The van der Waals surface area contributed by atoms with Crippen molar-refractivity contribution in [2.24, 2.45) is 7.05 Å². The molecule has 1 saturated heterocycles. The number of rotatable bonds is 5. The van der Waals surface area contributed by atoms with Gasteiger partial charge in [0.25, 0.3) is 5.91 Å². The van der Waals surface area contributed by atoms with Crippen molar-refractivity contribution in [3.63, 3.8) is 0 Å². The van der Waals surface area contributed by atoms with E-state index >= 15 is 0 Å². The maximum absolute atomic E-state index is 12.5. The van der Waals surface area contributed by atoms with Crippen LogP contribution < -0.4 is 10.6 Å². The lowest BCUT2D eigenvalue weighted by Crippen LogP contribution is -2.28. The Labute approximate surface area is 156 Å². The molecule has 8 heteroatoms. The third-order valence-corrected chi connectivity index (χ3v) is 5.01. The molecule has 0 spiro atoms. The average Bonchev–Trinajstić information content (AvgIpc) is 3.34. The number of amides is 1. The first kappa shape index (κ1) is 17.1. The Morgan fingerprint density at radius 1 is 1.42 bits per heavy atom. The second-order valence-corrected chi connectivity index (χ2v) is 6.99. The number of aromatic nitrogens is 4. The van der Waals surface area contributed by atoms with E-state index < -0.39 is 0 Å². The molecule has 1 aromatic carbocycles. The third-order valence-electron chi connectivity index (χ3n) is 4.77. The van der Waals surface area contributed by atoms with Gasteiger partial charge in [0, 0.05) is 25.2 Å². The molecule has 2 aromatic heterocycles. The van der Waals surface area contributed by atoms with Crippen LogP contribution in [0.3, 0.4) is 0 Å². The first-order valence-electron chi connectivity index (χ1n) is 8.78. The third kappa shape index (κ3) is 3.32. The number of hydrogen-bond donors (Lipinski definition) is 2. The molecular weight excluding hydrogens is 352 g/mol. The van der Waals surface area contributed by atoms with Gasteiger partial charge in [-0.15, -0.1) is 0 Å². The number of benzene rings is 1. The monoisotopic (exact) mass is 372 g/mol. The summed E-state index contributed by atoms with van der Waals surface area (Å²) in [5, 5.41) is 11.5. The van der Waals surface area contributed by atoms with E-state index in [4.69, 9.17) is 11.6 Å². The molecule has 3 heterocycles. The summed E-state index contributed by atoms with van der Waals surface area (Å²) in [6.45, 7) is 2.15. The Bertz CT molecular complexity index is 940. The van der Waals surface area contributed by atoms with Gasteiger partial charge in [0.2, 0.25) is 0 Å². The first-order chi connectivity index (χ1) is 12.6. The van der Waals surface area contributed by atoms with Crippen LogP contribution in [0.15, 0.2) is 30.6 Å². The van der Waals surface area contributed by atoms with Crippen molar-refractivity contribution >= 4 is 28.5 Å². The predicted octanol–water partition coefficient (Wildman–Crippen LogP) is 2.28. The maximum atomic E-state index is 12.5. The van der Waals surface area contributed by atoms with Crippen molar-refractivity contribution < 1.29 is 4.79 Å². The zero-order chi connectivity index (χ0) is 18.1. The zero-order valence-electron chi connectivity index (χ0n) is 14.6. The van der Waals surface area contributed by atoms with Crippen LogP contribution >= 0.6 is 11.6 Å². The summed E-state index contributed by atoms with van der Waals surface area (Å²) in [5.41, 5.74) is 3.37. The van der Waals surface area contributed by atoms with Gasteiger partial charge in [-0.3, -0.25) is 9.48 Å². The van der Waals surface area contributed by atoms with Gasteiger partial charge in [0.1, 0.15) is 5.69 Å². The molecule has 1 unspecified atom stereocenters. The van der Waals surface area contributed by atoms with Gasteiger partial charge in [-0.25, -0.2) is 4.98 Å². The number of carbonyl (C=O) groups excluding carboxylic acids is 1. The summed E-state index contributed by atoms with van der Waals surface area (Å²) in [7, 11) is 1.81. The van der Waals surface area contributed by atoms with E-state index in [0.717, 1.165) is 36.1 Å². The molecule has 1 amide bonds. The van der Waals surface area contributed by atoms with Crippen LogP contribution in [0.2, 0.25) is 5.02 Å². The summed E-state index contributed by atoms with van der Waals surface area (Å²) in [5.74, 6) is -0.114. The Hall–Kier alpha value is -2.38. The van der Waals surface area contributed by atoms with E-state index in [1.165, 1.54) is 0 Å². The maximum Gasteiger partial charge on any atom is 0.269 e. The molecule has 2 N–H and O–H groups in total. The lowest BCUT2D eigenvalue weighted by molar-refractivity contribution is 0.0943. The van der Waals surface area contributed by atoms with Crippen LogP contribution in [0.4, 0.5) is 0 Å². The number of halogens is 1. The summed E-state index contributed by atoms with van der Waals surface area (Å²) < 4.78 is 3.66. The number of hydrogen-bond acceptors (Lipinski definition) is 4. The largest absolute Gasteiger partial charge is 0.349 e. The minimum absolute atomic E-state index is 0.114. The summed E-state index contributed by atoms with van der Waals surface area (Å²) >= 11 is 5.99. The minimum Gasteiger partial charge on any atom is -0.349 e. The summed E-state index contributed by atoms with van der Waals surface area (Å²) in [6.07, 6.45) is 3.98. The van der Waals surface area contributed by atoms with Crippen LogP contribution in [0, 0.1) is 0 Å². The van der Waals surface area contributed by atoms with E-state index in [-0.39, 0.29) is 11.9 Å². The fourth-order valence-electron chi connectivity index (χ4n) is 3.40. The standard InChI is InChI=1S/C18H21ClN6O/c1-24-17(10-14(23-24)13-3-2-6-20-13)18(26)21-7-8-25-11-22-15-9-12(19)4-5-16(15)25/h4-5,9-11,13,20H,2-3,6-8H2,1H3,(H,21,26). The van der Waals surface area contributed by atoms with Crippen LogP contribution in [0.1, 0.15) is 35.1 Å². The van der Waals surface area contributed by atoms with Crippen LogP contribution in [0.5, 0.6) is 0 Å². The van der Waals surface area contributed by atoms with Crippen molar-refractivity contribution in [3.8, 4) is 0 Å². The number of imidazole rings is 1. The molecule has 136 valence electrons. The van der Waals surface area contributed by atoms with Crippen molar-refractivity contribution in [3.05, 3.63) is 47.0 Å². The lowest BCUT2D eigenvalue weighted by Gasteiger charge is -2.07. The molecule has 0 saturated carbocycles. The first-order valence-corrected chi connectivity index (χ1v) is 9.15. The van der Waals surface area contributed by atoms with E-state index in [1.807, 2.05) is 28.8 Å². The molecule has 1 aliphatic heterocycles. The predicted molar refractivity (Wildman–Crippen MR) is 100 cm³/mol. The van der Waals surface area contributed by atoms with Gasteiger partial charge < -0.3 is 15.2 Å². The SMILES string of the molecule is Cn1nc(C2CCCN2)cc1C(=O)NCCn1cnc2cc(Cl)ccc21. The van der Waals surface area contributed by atoms with E-state index in [0.29, 0.717) is 23.8 Å². The topological polar surface area (TPSA) is 76.8 Å². The minimum atomic E-state index is -0.114. The molecule has 4 rings (SSSR count). The number of nitrogens with zero attached hydrogens (tertiary/aromatic N) is 4. The fraction of sp³-hybridized carbons (Fsp3) is 0.389. The van der Waals surface area contributed by atoms with E-state index in [2.05, 4.69) is 20.7 Å². The van der Waals surface area contributed by atoms with Gasteiger partial charge >= 0.3 is 0 Å². The Morgan fingerprint density at radius 3 is 3.12 bits per heavy atom. The zero-order valence-corrected chi connectivity index (χ0v) is 15.3. The number of carbonyl (C=O) groups is 1. The highest BCUT2D eigenvalue weighted by Gasteiger charge is 2.22. The summed E-state index contributed by atoms with van der Waals surface area (Å²) in [6, 6.07) is 7.75. The lowest BCUT2D eigenvalue weighted by atomic mass is 10.1. The van der Waals surface area contributed by atoms with Gasteiger partial charge in [-0.1, -0.05) is 11.6 Å². The molecule has 1 atom stereocenters. The molecule has 1 fully saturated rings.